The molecule has 0 bridgehead atoms. The Morgan fingerprint density at radius 3 is 2.42 bits per heavy atom. The predicted molar refractivity (Wildman–Crippen MR) is 105 cm³/mol. The van der Waals surface area contributed by atoms with Crippen LogP contribution in [0.15, 0.2) is 18.2 Å². The molecule has 0 unspecified atom stereocenters. The highest BCUT2D eigenvalue weighted by atomic mass is 19.4. The highest BCUT2D eigenvalue weighted by molar-refractivity contribution is 5.94. The summed E-state index contributed by atoms with van der Waals surface area (Å²) in [7, 11) is 0. The molecular formula is C21H27F4N3O3. The van der Waals surface area contributed by atoms with Crippen LogP contribution in [0.3, 0.4) is 0 Å². The fraction of sp³-hybridized carbons (Fsp3) is 0.619. The number of rotatable bonds is 6. The molecule has 0 radical (unpaired) electrons. The molecule has 2 fully saturated rings. The molecule has 3 rings (SSSR count). The van der Waals surface area contributed by atoms with Gasteiger partial charge in [0.15, 0.2) is 11.6 Å². The van der Waals surface area contributed by atoms with E-state index in [1.54, 1.807) is 0 Å². The van der Waals surface area contributed by atoms with Crippen molar-refractivity contribution in [3.8, 4) is 5.75 Å². The summed E-state index contributed by atoms with van der Waals surface area (Å²) in [6.07, 6.45) is -3.21. The first-order chi connectivity index (χ1) is 14.2. The van der Waals surface area contributed by atoms with Crippen LogP contribution in [0.1, 0.15) is 44.0 Å². The minimum Gasteiger partial charge on any atom is -0.403 e. The Kier molecular flexibility index (Phi) is 6.23. The Labute approximate surface area is 178 Å². The molecule has 172 valence electrons. The van der Waals surface area contributed by atoms with Crippen LogP contribution in [0.4, 0.5) is 17.6 Å². The Balaban J connectivity index is 1.40. The summed E-state index contributed by atoms with van der Waals surface area (Å²) >= 11 is 0. The van der Waals surface area contributed by atoms with E-state index in [1.165, 1.54) is 0 Å². The number of nitrogens with zero attached hydrogens (tertiary/aromatic N) is 1. The van der Waals surface area contributed by atoms with E-state index < -0.39 is 23.8 Å². The van der Waals surface area contributed by atoms with E-state index in [-0.39, 0.29) is 28.3 Å². The number of alkyl halides is 3. The van der Waals surface area contributed by atoms with Gasteiger partial charge in [0.25, 0.3) is 5.91 Å². The fourth-order valence-corrected chi connectivity index (χ4v) is 4.43. The lowest BCUT2D eigenvalue weighted by Crippen LogP contribution is -2.64. The van der Waals surface area contributed by atoms with Crippen LogP contribution in [-0.2, 0) is 4.79 Å². The number of hydrogen-bond acceptors (Lipinski definition) is 4. The molecule has 1 aliphatic heterocycles. The van der Waals surface area contributed by atoms with Gasteiger partial charge in [-0.25, -0.2) is 4.39 Å². The molecule has 0 aromatic heterocycles. The molecule has 2 N–H and O–H groups in total. The summed E-state index contributed by atoms with van der Waals surface area (Å²) in [5, 5.41) is 5.63. The first kappa shape index (κ1) is 23.3. The van der Waals surface area contributed by atoms with Crippen molar-refractivity contribution in [1.29, 1.82) is 0 Å². The van der Waals surface area contributed by atoms with Crippen LogP contribution in [0.5, 0.6) is 5.75 Å². The number of amides is 2. The number of halogens is 4. The van der Waals surface area contributed by atoms with E-state index in [2.05, 4.69) is 20.3 Å². The van der Waals surface area contributed by atoms with Crippen molar-refractivity contribution in [1.82, 2.24) is 15.5 Å². The molecule has 10 heteroatoms. The van der Waals surface area contributed by atoms with Gasteiger partial charge in [-0.1, -0.05) is 0 Å². The molecule has 1 saturated carbocycles. The summed E-state index contributed by atoms with van der Waals surface area (Å²) in [6, 6.07) is 2.63. The van der Waals surface area contributed by atoms with E-state index >= 15 is 0 Å². The molecule has 1 aromatic rings. The molecule has 31 heavy (non-hydrogen) atoms. The molecule has 1 aromatic carbocycles. The van der Waals surface area contributed by atoms with Crippen molar-refractivity contribution in [3.63, 3.8) is 0 Å². The second-order valence-electron chi connectivity index (χ2n) is 9.62. The normalized spacial score (nSPS) is 18.8. The van der Waals surface area contributed by atoms with E-state index in [4.69, 9.17) is 0 Å². The smallest absolute Gasteiger partial charge is 0.403 e. The fourth-order valence-electron chi connectivity index (χ4n) is 4.43. The molecule has 6 nitrogen and oxygen atoms in total. The highest BCUT2D eigenvalue weighted by Crippen LogP contribution is 2.51. The van der Waals surface area contributed by atoms with Gasteiger partial charge in [0.1, 0.15) is 0 Å². The van der Waals surface area contributed by atoms with Gasteiger partial charge in [-0.15, -0.1) is 13.2 Å². The van der Waals surface area contributed by atoms with Crippen LogP contribution in [0, 0.1) is 17.2 Å². The minimum atomic E-state index is -5.04. The summed E-state index contributed by atoms with van der Waals surface area (Å²) < 4.78 is 54.1. The Morgan fingerprint density at radius 1 is 1.19 bits per heavy atom. The molecule has 1 spiro atoms. The summed E-state index contributed by atoms with van der Waals surface area (Å²) in [4.78, 5) is 26.3. The van der Waals surface area contributed by atoms with Crippen molar-refractivity contribution in [2.24, 2.45) is 11.3 Å². The van der Waals surface area contributed by atoms with Crippen LogP contribution >= 0.6 is 0 Å². The summed E-state index contributed by atoms with van der Waals surface area (Å²) in [5.41, 5.74) is -0.181. The summed E-state index contributed by atoms with van der Waals surface area (Å²) in [6.45, 7) is 8.23. The lowest BCUT2D eigenvalue weighted by atomic mass is 9.57. The lowest BCUT2D eigenvalue weighted by molar-refractivity contribution is -0.275. The average molecular weight is 445 g/mol. The SMILES string of the molecule is CC(C)(C)NC(=O)CN1CC2(CC(CNC(=O)c3ccc(F)c(OC(F)(F)F)c3)C2)C1. The molecule has 1 saturated heterocycles. The van der Waals surface area contributed by atoms with Gasteiger partial charge in [0.05, 0.1) is 6.54 Å². The van der Waals surface area contributed by atoms with Crippen molar-refractivity contribution < 1.29 is 31.9 Å². The van der Waals surface area contributed by atoms with E-state index in [0.29, 0.717) is 13.1 Å². The number of ether oxygens (including phenoxy) is 1. The van der Waals surface area contributed by atoms with Gasteiger partial charge in [0, 0.05) is 30.7 Å². The molecule has 1 aliphatic carbocycles. The highest BCUT2D eigenvalue weighted by Gasteiger charge is 2.52. The number of carbonyl (C=O) groups is 2. The van der Waals surface area contributed by atoms with Crippen molar-refractivity contribution in [2.75, 3.05) is 26.2 Å². The van der Waals surface area contributed by atoms with E-state index in [0.717, 1.165) is 44.1 Å². The number of benzene rings is 1. The maximum Gasteiger partial charge on any atom is 0.573 e. The Morgan fingerprint density at radius 2 is 1.84 bits per heavy atom. The van der Waals surface area contributed by atoms with Gasteiger partial charge >= 0.3 is 6.36 Å². The second-order valence-corrected chi connectivity index (χ2v) is 9.62. The number of hydrogen-bond donors (Lipinski definition) is 2. The van der Waals surface area contributed by atoms with Crippen LogP contribution in [0.2, 0.25) is 0 Å². The van der Waals surface area contributed by atoms with Crippen LogP contribution in [0.25, 0.3) is 0 Å². The monoisotopic (exact) mass is 445 g/mol. The molecule has 1 heterocycles. The maximum atomic E-state index is 13.5. The molecule has 2 aliphatic rings. The van der Waals surface area contributed by atoms with E-state index in [9.17, 15) is 27.2 Å². The van der Waals surface area contributed by atoms with Crippen molar-refractivity contribution in [2.45, 2.75) is 45.5 Å². The lowest BCUT2D eigenvalue weighted by Gasteiger charge is -2.59. The van der Waals surface area contributed by atoms with Crippen LogP contribution in [-0.4, -0.2) is 54.8 Å². The first-order valence-electron chi connectivity index (χ1n) is 10.1. The first-order valence-corrected chi connectivity index (χ1v) is 10.1. The largest absolute Gasteiger partial charge is 0.573 e. The average Bonchev–Trinajstić information content (AvgIpc) is 2.53. The zero-order chi connectivity index (χ0) is 23.0. The van der Waals surface area contributed by atoms with Crippen molar-refractivity contribution in [3.05, 3.63) is 29.6 Å². The zero-order valence-corrected chi connectivity index (χ0v) is 17.7. The maximum absolute atomic E-state index is 13.5. The Bertz CT molecular complexity index is 837. The quantitative estimate of drug-likeness (QED) is 0.661. The van der Waals surface area contributed by atoms with Crippen molar-refractivity contribution >= 4 is 11.8 Å². The number of nitrogens with one attached hydrogen (secondary N) is 2. The third kappa shape index (κ3) is 6.32. The molecule has 0 atom stereocenters. The molecular weight excluding hydrogens is 418 g/mol. The number of likely N-dealkylation sites (tertiary alicyclic amines) is 1. The van der Waals surface area contributed by atoms with E-state index in [1.807, 2.05) is 20.8 Å². The van der Waals surface area contributed by atoms with Gasteiger partial charge < -0.3 is 15.4 Å². The molecule has 2 amide bonds. The van der Waals surface area contributed by atoms with Gasteiger partial charge in [-0.05, 0) is 63.1 Å². The second kappa shape index (κ2) is 8.29. The number of carbonyl (C=O) groups excluding carboxylic acids is 2. The predicted octanol–water partition coefficient (Wildman–Crippen LogP) is 3.08. The van der Waals surface area contributed by atoms with Gasteiger partial charge in [-0.3, -0.25) is 14.5 Å². The zero-order valence-electron chi connectivity index (χ0n) is 17.7. The minimum absolute atomic E-state index is 0.00124. The standard InChI is InChI=1S/C21H27F4N3O3/c1-19(2,3)27-17(29)10-28-11-20(12-28)7-13(8-20)9-26-18(30)14-4-5-15(22)16(6-14)31-21(23,24)25/h4-6,13H,7-12H2,1-3H3,(H,26,30)(H,27,29). The summed E-state index contributed by atoms with van der Waals surface area (Å²) in [5.74, 6) is -2.55. The topological polar surface area (TPSA) is 70.7 Å². The third-order valence-corrected chi connectivity index (χ3v) is 5.41. The third-order valence-electron chi connectivity index (χ3n) is 5.41. The van der Waals surface area contributed by atoms with Gasteiger partial charge in [-0.2, -0.15) is 0 Å². The Hall–Kier alpha value is -2.36. The van der Waals surface area contributed by atoms with Gasteiger partial charge in [0.2, 0.25) is 5.91 Å². The van der Waals surface area contributed by atoms with Crippen LogP contribution < -0.4 is 15.4 Å².